The smallest absolute Gasteiger partial charge is 0.457 e. The second kappa shape index (κ2) is 46.1. The molecule has 6 unspecified atom stereocenters. The third kappa shape index (κ3) is 37.7. The topological polar surface area (TPSA) is 192 Å². The summed E-state index contributed by atoms with van der Waals surface area (Å²) in [5, 5.41) is 50.4. The van der Waals surface area contributed by atoms with Crippen LogP contribution in [0.4, 0.5) is 0 Å². The Morgan fingerprint density at radius 3 is 1.25 bits per heavy atom. The number of carbonyl (C=O) groups excluding carboxylic acids is 1. The Morgan fingerprint density at radius 2 is 0.812 bits per heavy atom. The number of aliphatic hydroxyl groups excluding tert-OH is 5. The van der Waals surface area contributed by atoms with E-state index < -0.39 is 63.1 Å². The summed E-state index contributed by atoms with van der Waals surface area (Å²) in [6.45, 7) is 4.26. The van der Waals surface area contributed by atoms with Crippen LogP contribution in [0.15, 0.2) is 48.6 Å². The predicted molar refractivity (Wildman–Crippen MR) is 281 cm³/mol. The number of rotatable bonds is 48. The molecule has 6 N–H and O–H groups in total. The summed E-state index contributed by atoms with van der Waals surface area (Å²) in [7, 11) is -5.03. The van der Waals surface area contributed by atoms with Gasteiger partial charge in [0.15, 0.2) is 0 Å². The molecule has 6 atom stereocenters. The number of ether oxygens (including phenoxy) is 2. The van der Waals surface area contributed by atoms with E-state index in [1.54, 1.807) is 0 Å². The average molecular weight is 999 g/mol. The maximum absolute atomic E-state index is 12.9. The van der Waals surface area contributed by atoms with Crippen LogP contribution in [0.1, 0.15) is 239 Å². The molecule has 1 aliphatic carbocycles. The molecule has 404 valence electrons. The van der Waals surface area contributed by atoms with Gasteiger partial charge in [-0.25, -0.2) is 4.57 Å². The number of phosphoric acid groups is 1. The Balaban J connectivity index is 2.31. The van der Waals surface area contributed by atoms with Gasteiger partial charge < -0.3 is 39.9 Å². The number of esters is 1. The van der Waals surface area contributed by atoms with Crippen molar-refractivity contribution < 1.29 is 58.3 Å². The molecular weight excluding hydrogens is 896 g/mol. The van der Waals surface area contributed by atoms with Crippen molar-refractivity contribution in [1.29, 1.82) is 0 Å². The van der Waals surface area contributed by atoms with Gasteiger partial charge in [0.25, 0.3) is 0 Å². The molecule has 0 saturated heterocycles. The standard InChI is InChI=1S/C56H103O12P/c1-3-5-7-9-11-13-15-17-19-21-23-24-25-26-27-28-30-32-34-36-38-40-42-44-46-65-47-49(48-66-69(63,64)68-56-54(61)52(59)51(58)53(60)55(56)62)67-50(57)45-43-41-39-37-35-33-31-29-22-20-18-16-14-12-10-8-6-4-2/h15,17,20-23,25-26,49,51-56,58-62H,3-14,16,18-19,24,27-48H2,1-2H3,(H,63,64)/b17-15-,22-20-,23-21-,26-25-. The molecule has 1 fully saturated rings. The first-order chi connectivity index (χ1) is 33.5. The number of hydrogen-bond acceptors (Lipinski definition) is 11. The van der Waals surface area contributed by atoms with Crippen LogP contribution < -0.4 is 0 Å². The van der Waals surface area contributed by atoms with E-state index in [0.29, 0.717) is 13.0 Å². The average Bonchev–Trinajstić information content (AvgIpc) is 3.34. The predicted octanol–water partition coefficient (Wildman–Crippen LogP) is 13.2. The lowest BCUT2D eigenvalue weighted by atomic mass is 9.85. The van der Waals surface area contributed by atoms with Gasteiger partial charge in [0.1, 0.15) is 42.7 Å². The molecule has 12 nitrogen and oxygen atoms in total. The van der Waals surface area contributed by atoms with Gasteiger partial charge in [0, 0.05) is 13.0 Å². The highest BCUT2D eigenvalue weighted by Crippen LogP contribution is 2.47. The van der Waals surface area contributed by atoms with E-state index >= 15 is 0 Å². The first-order valence-corrected chi connectivity index (χ1v) is 29.5. The highest BCUT2D eigenvalue weighted by molar-refractivity contribution is 7.47. The SMILES string of the molecule is CCCCCCC/C=C\C/C=C\C/C=C\CCCCCCCCCCCOCC(COP(=O)(O)OC1C(O)C(O)C(O)C(O)C1O)OC(=O)CCCCCCCCC/C=C\CCCCCCCCC. The van der Waals surface area contributed by atoms with Crippen molar-refractivity contribution in [3.05, 3.63) is 48.6 Å². The lowest BCUT2D eigenvalue weighted by Gasteiger charge is -2.41. The molecule has 0 aromatic carbocycles. The Bertz CT molecular complexity index is 1320. The summed E-state index contributed by atoms with van der Waals surface area (Å²) >= 11 is 0. The minimum Gasteiger partial charge on any atom is -0.457 e. The second-order valence-corrected chi connectivity index (χ2v) is 20.8. The second-order valence-electron chi connectivity index (χ2n) is 19.4. The fraction of sp³-hybridized carbons (Fsp3) is 0.839. The highest BCUT2D eigenvalue weighted by atomic mass is 31.2. The quantitative estimate of drug-likeness (QED) is 0.0146. The number of aliphatic hydroxyl groups is 5. The van der Waals surface area contributed by atoms with Gasteiger partial charge in [-0.05, 0) is 77.0 Å². The van der Waals surface area contributed by atoms with E-state index in [1.165, 1.54) is 141 Å². The summed E-state index contributed by atoms with van der Waals surface area (Å²) < 4.78 is 34.4. The van der Waals surface area contributed by atoms with E-state index in [0.717, 1.165) is 70.6 Å². The number of phosphoric ester groups is 1. The molecule has 69 heavy (non-hydrogen) atoms. The molecular formula is C56H103O12P. The molecule has 0 aliphatic heterocycles. The lowest BCUT2D eigenvalue weighted by Crippen LogP contribution is -2.64. The lowest BCUT2D eigenvalue weighted by molar-refractivity contribution is -0.220. The number of unbranched alkanes of at least 4 members (excludes halogenated alkanes) is 28. The van der Waals surface area contributed by atoms with Crippen LogP contribution in [0.25, 0.3) is 0 Å². The molecule has 0 aromatic rings. The van der Waals surface area contributed by atoms with Crippen LogP contribution >= 0.6 is 7.82 Å². The van der Waals surface area contributed by atoms with Crippen molar-refractivity contribution in [2.24, 2.45) is 0 Å². The molecule has 0 amide bonds. The molecule has 0 aromatic heterocycles. The normalized spacial score (nSPS) is 21.3. The minimum absolute atomic E-state index is 0.0821. The number of hydrogen-bond donors (Lipinski definition) is 6. The van der Waals surface area contributed by atoms with E-state index in [4.69, 9.17) is 18.5 Å². The molecule has 1 rings (SSSR count). The fourth-order valence-electron chi connectivity index (χ4n) is 8.48. The molecule has 0 bridgehead atoms. The van der Waals surface area contributed by atoms with Gasteiger partial charge >= 0.3 is 13.8 Å². The van der Waals surface area contributed by atoms with Crippen molar-refractivity contribution in [1.82, 2.24) is 0 Å². The third-order valence-corrected chi connectivity index (χ3v) is 13.9. The van der Waals surface area contributed by atoms with Crippen molar-refractivity contribution in [2.45, 2.75) is 281 Å². The molecule has 0 heterocycles. The minimum atomic E-state index is -5.03. The molecule has 13 heteroatoms. The molecule has 0 spiro atoms. The number of carbonyl (C=O) groups is 1. The van der Waals surface area contributed by atoms with Crippen LogP contribution in [0.5, 0.6) is 0 Å². The zero-order chi connectivity index (χ0) is 50.5. The van der Waals surface area contributed by atoms with Gasteiger partial charge in [0.2, 0.25) is 0 Å². The van der Waals surface area contributed by atoms with Gasteiger partial charge in [-0.15, -0.1) is 0 Å². The highest BCUT2D eigenvalue weighted by Gasteiger charge is 2.51. The van der Waals surface area contributed by atoms with Crippen molar-refractivity contribution >= 4 is 13.8 Å². The van der Waals surface area contributed by atoms with Crippen LogP contribution in [0.2, 0.25) is 0 Å². The van der Waals surface area contributed by atoms with Gasteiger partial charge in [-0.3, -0.25) is 13.8 Å². The maximum atomic E-state index is 12.9. The Kier molecular flexibility index (Phi) is 43.6. The van der Waals surface area contributed by atoms with E-state index in [-0.39, 0.29) is 13.0 Å². The summed E-state index contributed by atoms with van der Waals surface area (Å²) in [5.74, 6) is -0.482. The molecule has 0 radical (unpaired) electrons. The van der Waals surface area contributed by atoms with Gasteiger partial charge in [0.05, 0.1) is 13.2 Å². The number of allylic oxidation sites excluding steroid dienone is 8. The summed E-state index contributed by atoms with van der Waals surface area (Å²) in [4.78, 5) is 23.3. The Labute approximate surface area is 420 Å². The van der Waals surface area contributed by atoms with Crippen molar-refractivity contribution in [2.75, 3.05) is 19.8 Å². The van der Waals surface area contributed by atoms with Crippen molar-refractivity contribution in [3.8, 4) is 0 Å². The third-order valence-electron chi connectivity index (χ3n) is 12.9. The Hall–Kier alpha value is -1.70. The largest absolute Gasteiger partial charge is 0.472 e. The summed E-state index contributed by atoms with van der Waals surface area (Å²) in [6, 6.07) is 0. The Morgan fingerprint density at radius 1 is 0.464 bits per heavy atom. The zero-order valence-corrected chi connectivity index (χ0v) is 44.5. The first kappa shape index (κ1) is 65.3. The summed E-state index contributed by atoms with van der Waals surface area (Å²) in [5.41, 5.74) is 0. The van der Waals surface area contributed by atoms with Gasteiger partial charge in [-0.2, -0.15) is 0 Å². The monoisotopic (exact) mass is 999 g/mol. The molecule has 1 aliphatic rings. The van der Waals surface area contributed by atoms with E-state index in [1.807, 2.05) is 0 Å². The van der Waals surface area contributed by atoms with E-state index in [2.05, 4.69) is 62.5 Å². The van der Waals surface area contributed by atoms with Gasteiger partial charge in [-0.1, -0.05) is 204 Å². The van der Waals surface area contributed by atoms with Crippen LogP contribution in [0.3, 0.4) is 0 Å². The zero-order valence-electron chi connectivity index (χ0n) is 43.6. The van der Waals surface area contributed by atoms with E-state index in [9.17, 15) is 39.8 Å². The fourth-order valence-corrected chi connectivity index (χ4v) is 9.45. The molecule has 1 saturated carbocycles. The van der Waals surface area contributed by atoms with Crippen LogP contribution in [0, 0.1) is 0 Å². The van der Waals surface area contributed by atoms with Crippen LogP contribution in [-0.2, 0) is 27.9 Å². The summed E-state index contributed by atoms with van der Waals surface area (Å²) in [6.07, 6.45) is 46.0. The first-order valence-electron chi connectivity index (χ1n) is 28.0. The van der Waals surface area contributed by atoms with Crippen molar-refractivity contribution in [3.63, 3.8) is 0 Å². The van der Waals surface area contributed by atoms with Crippen LogP contribution in [-0.4, -0.2) is 98.9 Å². The maximum Gasteiger partial charge on any atom is 0.472 e.